The predicted molar refractivity (Wildman–Crippen MR) is 75.5 cm³/mol. The summed E-state index contributed by atoms with van der Waals surface area (Å²) in [6.45, 7) is 6.35. The van der Waals surface area contributed by atoms with E-state index < -0.39 is 6.09 Å². The standard InChI is InChI=1S/C11H16BrN3O2S/c1-7-8(12)18-9(14-7)15-4-3-11(2,6-15)5-13-10(16)17/h13H,3-6H2,1-2H3,(H,16,17). The molecule has 2 heterocycles. The summed E-state index contributed by atoms with van der Waals surface area (Å²) in [5.41, 5.74) is 0.997. The largest absolute Gasteiger partial charge is 0.465 e. The van der Waals surface area contributed by atoms with E-state index in [0.717, 1.165) is 34.1 Å². The zero-order valence-electron chi connectivity index (χ0n) is 10.4. The van der Waals surface area contributed by atoms with Gasteiger partial charge in [-0.15, -0.1) is 0 Å². The summed E-state index contributed by atoms with van der Waals surface area (Å²) in [5.74, 6) is 0. The van der Waals surface area contributed by atoms with Crippen molar-refractivity contribution in [3.8, 4) is 0 Å². The monoisotopic (exact) mass is 333 g/mol. The van der Waals surface area contributed by atoms with Gasteiger partial charge in [-0.25, -0.2) is 9.78 Å². The second-order valence-corrected chi connectivity index (χ2v) is 7.29. The number of nitrogens with one attached hydrogen (secondary N) is 1. The molecule has 0 aliphatic carbocycles. The van der Waals surface area contributed by atoms with Gasteiger partial charge in [-0.05, 0) is 29.3 Å². The van der Waals surface area contributed by atoms with E-state index in [9.17, 15) is 4.79 Å². The average Bonchev–Trinajstić information content (AvgIpc) is 2.82. The normalized spacial score (nSPS) is 23.4. The Balaban J connectivity index is 2.01. The second kappa shape index (κ2) is 5.05. The zero-order valence-corrected chi connectivity index (χ0v) is 12.8. The lowest BCUT2D eigenvalue weighted by Gasteiger charge is -2.23. The summed E-state index contributed by atoms with van der Waals surface area (Å²) in [4.78, 5) is 17.3. The Morgan fingerprint density at radius 2 is 2.44 bits per heavy atom. The van der Waals surface area contributed by atoms with Crippen LogP contribution >= 0.6 is 27.3 Å². The van der Waals surface area contributed by atoms with Crippen molar-refractivity contribution in [3.63, 3.8) is 0 Å². The predicted octanol–water partition coefficient (Wildman–Crippen LogP) is 2.70. The second-order valence-electron chi connectivity index (χ2n) is 5.00. The van der Waals surface area contributed by atoms with Crippen LogP contribution in [0.15, 0.2) is 3.79 Å². The minimum atomic E-state index is -0.956. The number of aromatic nitrogens is 1. The van der Waals surface area contributed by atoms with Crippen LogP contribution in [-0.4, -0.2) is 35.8 Å². The van der Waals surface area contributed by atoms with Crippen LogP contribution in [0.25, 0.3) is 0 Å². The molecule has 1 aliphatic rings. The van der Waals surface area contributed by atoms with E-state index in [0.29, 0.717) is 6.54 Å². The van der Waals surface area contributed by atoms with E-state index in [2.05, 4.69) is 38.1 Å². The molecule has 1 atom stereocenters. The highest BCUT2D eigenvalue weighted by Crippen LogP contribution is 2.37. The highest BCUT2D eigenvalue weighted by atomic mass is 79.9. The smallest absolute Gasteiger partial charge is 0.404 e. The Morgan fingerprint density at radius 3 is 3.00 bits per heavy atom. The van der Waals surface area contributed by atoms with Crippen LogP contribution in [0.2, 0.25) is 0 Å². The van der Waals surface area contributed by atoms with Crippen LogP contribution in [0.3, 0.4) is 0 Å². The lowest BCUT2D eigenvalue weighted by atomic mass is 9.90. The van der Waals surface area contributed by atoms with E-state index in [-0.39, 0.29) is 5.41 Å². The Bertz CT molecular complexity index is 446. The molecule has 0 radical (unpaired) electrons. The summed E-state index contributed by atoms with van der Waals surface area (Å²) in [7, 11) is 0. The fourth-order valence-electron chi connectivity index (χ4n) is 2.12. The minimum Gasteiger partial charge on any atom is -0.465 e. The fourth-order valence-corrected chi connectivity index (χ4v) is 3.46. The third-order valence-electron chi connectivity index (χ3n) is 3.22. The molecule has 0 aromatic carbocycles. The molecular formula is C11H16BrN3O2S. The van der Waals surface area contributed by atoms with Gasteiger partial charge in [0.2, 0.25) is 0 Å². The van der Waals surface area contributed by atoms with E-state index in [1.807, 2.05) is 6.92 Å². The van der Waals surface area contributed by atoms with E-state index in [1.54, 1.807) is 11.3 Å². The van der Waals surface area contributed by atoms with Gasteiger partial charge in [-0.3, -0.25) is 0 Å². The number of rotatable bonds is 3. The third-order valence-corrected chi connectivity index (χ3v) is 5.29. The van der Waals surface area contributed by atoms with Gasteiger partial charge in [0.1, 0.15) is 0 Å². The van der Waals surface area contributed by atoms with Gasteiger partial charge in [0.15, 0.2) is 5.13 Å². The van der Waals surface area contributed by atoms with E-state index in [4.69, 9.17) is 5.11 Å². The Hall–Kier alpha value is -0.820. The quantitative estimate of drug-likeness (QED) is 0.892. The van der Waals surface area contributed by atoms with Crippen molar-refractivity contribution < 1.29 is 9.90 Å². The number of anilines is 1. The van der Waals surface area contributed by atoms with Crippen molar-refractivity contribution in [3.05, 3.63) is 9.48 Å². The number of nitrogens with zero attached hydrogens (tertiary/aromatic N) is 2. The Labute approximate surface area is 118 Å². The van der Waals surface area contributed by atoms with Crippen LogP contribution in [-0.2, 0) is 0 Å². The topological polar surface area (TPSA) is 65.5 Å². The molecule has 2 rings (SSSR count). The molecule has 2 N–H and O–H groups in total. The fraction of sp³-hybridized carbons (Fsp3) is 0.636. The van der Waals surface area contributed by atoms with Crippen molar-refractivity contribution in [1.29, 1.82) is 0 Å². The number of carbonyl (C=O) groups is 1. The zero-order chi connectivity index (χ0) is 13.3. The first-order valence-corrected chi connectivity index (χ1v) is 7.35. The van der Waals surface area contributed by atoms with Gasteiger partial charge in [-0.2, -0.15) is 0 Å². The van der Waals surface area contributed by atoms with Gasteiger partial charge >= 0.3 is 6.09 Å². The van der Waals surface area contributed by atoms with Crippen molar-refractivity contribution in [2.75, 3.05) is 24.5 Å². The third kappa shape index (κ3) is 2.95. The molecule has 1 saturated heterocycles. The highest BCUT2D eigenvalue weighted by molar-refractivity contribution is 9.11. The van der Waals surface area contributed by atoms with Gasteiger partial charge in [0.25, 0.3) is 0 Å². The number of halogens is 1. The average molecular weight is 334 g/mol. The van der Waals surface area contributed by atoms with Crippen molar-refractivity contribution in [2.45, 2.75) is 20.3 Å². The first kappa shape index (κ1) is 13.6. The molecule has 1 unspecified atom stereocenters. The molecular weight excluding hydrogens is 318 g/mol. The summed E-state index contributed by atoms with van der Waals surface area (Å²) in [6, 6.07) is 0. The van der Waals surface area contributed by atoms with Crippen LogP contribution in [0, 0.1) is 12.3 Å². The Morgan fingerprint density at radius 1 is 1.72 bits per heavy atom. The van der Waals surface area contributed by atoms with Crippen LogP contribution in [0.5, 0.6) is 0 Å². The van der Waals surface area contributed by atoms with Crippen LogP contribution in [0.4, 0.5) is 9.93 Å². The number of hydrogen-bond acceptors (Lipinski definition) is 4. The Kier molecular flexibility index (Phi) is 3.82. The molecule has 0 saturated carbocycles. The van der Waals surface area contributed by atoms with E-state index >= 15 is 0 Å². The lowest BCUT2D eigenvalue weighted by molar-refractivity contribution is 0.188. The molecule has 1 aromatic rings. The molecule has 1 aliphatic heterocycles. The molecule has 18 heavy (non-hydrogen) atoms. The van der Waals surface area contributed by atoms with E-state index in [1.165, 1.54) is 0 Å². The van der Waals surface area contributed by atoms with Crippen LogP contribution in [0.1, 0.15) is 19.0 Å². The number of amides is 1. The molecule has 1 fully saturated rings. The van der Waals surface area contributed by atoms with Gasteiger partial charge in [-0.1, -0.05) is 18.3 Å². The summed E-state index contributed by atoms with van der Waals surface area (Å²) < 4.78 is 1.06. The lowest BCUT2D eigenvalue weighted by Crippen LogP contribution is -2.37. The number of hydrogen-bond donors (Lipinski definition) is 2. The molecule has 1 amide bonds. The molecule has 0 spiro atoms. The molecule has 5 nitrogen and oxygen atoms in total. The number of aryl methyl sites for hydroxylation is 1. The summed E-state index contributed by atoms with van der Waals surface area (Å²) >= 11 is 5.11. The van der Waals surface area contributed by atoms with Crippen molar-refractivity contribution in [1.82, 2.24) is 10.3 Å². The van der Waals surface area contributed by atoms with Crippen LogP contribution < -0.4 is 10.2 Å². The van der Waals surface area contributed by atoms with Crippen molar-refractivity contribution in [2.24, 2.45) is 5.41 Å². The van der Waals surface area contributed by atoms with Crippen molar-refractivity contribution >= 4 is 38.5 Å². The maximum absolute atomic E-state index is 10.6. The van der Waals surface area contributed by atoms with Gasteiger partial charge < -0.3 is 15.3 Å². The summed E-state index contributed by atoms with van der Waals surface area (Å²) in [6.07, 6.45) is 0.0197. The molecule has 7 heteroatoms. The van der Waals surface area contributed by atoms with Gasteiger partial charge in [0, 0.05) is 25.0 Å². The summed E-state index contributed by atoms with van der Waals surface area (Å²) in [5, 5.41) is 12.2. The molecule has 100 valence electrons. The maximum atomic E-state index is 10.6. The SMILES string of the molecule is Cc1nc(N2CCC(C)(CNC(=O)O)C2)sc1Br. The first-order chi connectivity index (χ1) is 8.39. The molecule has 1 aromatic heterocycles. The highest BCUT2D eigenvalue weighted by Gasteiger charge is 2.35. The molecule has 0 bridgehead atoms. The van der Waals surface area contributed by atoms with Gasteiger partial charge in [0.05, 0.1) is 9.48 Å². The number of carboxylic acid groups (broad SMARTS) is 1. The maximum Gasteiger partial charge on any atom is 0.404 e. The minimum absolute atomic E-state index is 0.00948. The first-order valence-electron chi connectivity index (χ1n) is 5.74. The number of thiazole rings is 1.